The third kappa shape index (κ3) is 4.79. The summed E-state index contributed by atoms with van der Waals surface area (Å²) in [5.41, 5.74) is 8.89. The van der Waals surface area contributed by atoms with Gasteiger partial charge in [-0.2, -0.15) is 0 Å². The first-order valence-corrected chi connectivity index (χ1v) is 21.1. The molecular formula is C49H54N2O2. The van der Waals surface area contributed by atoms with Crippen LogP contribution in [0.25, 0.3) is 11.8 Å². The lowest BCUT2D eigenvalue weighted by Gasteiger charge is -2.65. The van der Waals surface area contributed by atoms with Crippen LogP contribution in [0.3, 0.4) is 0 Å². The van der Waals surface area contributed by atoms with E-state index in [1.807, 2.05) is 0 Å². The summed E-state index contributed by atoms with van der Waals surface area (Å²) in [6.45, 7) is 2.61. The van der Waals surface area contributed by atoms with Gasteiger partial charge < -0.3 is 14.0 Å². The van der Waals surface area contributed by atoms with Crippen LogP contribution in [-0.2, 0) is 27.7 Å². The van der Waals surface area contributed by atoms with E-state index in [4.69, 9.17) is 14.5 Å². The number of nitrogens with zero attached hydrogens (tertiary/aromatic N) is 2. The van der Waals surface area contributed by atoms with Gasteiger partial charge in [0.05, 0.1) is 24.0 Å². The first-order valence-electron chi connectivity index (χ1n) is 21.1. The van der Waals surface area contributed by atoms with Crippen LogP contribution in [0.15, 0.2) is 113 Å². The van der Waals surface area contributed by atoms with Crippen LogP contribution in [-0.4, -0.2) is 35.1 Å². The van der Waals surface area contributed by atoms with Crippen molar-refractivity contribution < 1.29 is 9.47 Å². The summed E-state index contributed by atoms with van der Waals surface area (Å²) < 4.78 is 17.2. The highest BCUT2D eigenvalue weighted by atomic mass is 16.5. The quantitative estimate of drug-likeness (QED) is 0.299. The summed E-state index contributed by atoms with van der Waals surface area (Å²) in [6, 6.07) is 11.5. The molecule has 53 heavy (non-hydrogen) atoms. The molecule has 11 atom stereocenters. The maximum atomic E-state index is 7.40. The molecule has 0 radical (unpaired) electrons. The molecular weight excluding hydrogens is 649 g/mol. The van der Waals surface area contributed by atoms with Crippen molar-refractivity contribution in [2.24, 2.45) is 40.0 Å². The molecule has 2 fully saturated rings. The lowest BCUT2D eigenvalue weighted by Crippen LogP contribution is -2.65. The number of para-hydroxylation sites is 1. The van der Waals surface area contributed by atoms with Crippen LogP contribution in [0.4, 0.5) is 0 Å². The third-order valence-electron chi connectivity index (χ3n) is 15.3. The maximum absolute atomic E-state index is 7.40. The second-order valence-corrected chi connectivity index (χ2v) is 17.8. The molecule has 1 spiro atoms. The van der Waals surface area contributed by atoms with Crippen molar-refractivity contribution in [2.45, 2.75) is 114 Å². The van der Waals surface area contributed by atoms with Crippen LogP contribution in [0.2, 0.25) is 0 Å². The smallest absolute Gasteiger partial charge is 0.106 e. The first-order chi connectivity index (χ1) is 26.1. The van der Waals surface area contributed by atoms with Crippen molar-refractivity contribution in [3.63, 3.8) is 0 Å². The zero-order chi connectivity index (χ0) is 35.1. The fraction of sp³-hybridized carbons (Fsp3) is 0.490. The number of rotatable bonds is 3. The standard InChI is InChI=1S/C49H54N2O2/c1-48(28-13-17-36-35-16-5-8-21-42(35)51(47(36)48)34-14-3-2-4-15-34)33-25-27-40-46(31-33)53-44-23-10-7-19-38(44)49(40)37-18-6-9-22-43(37)52-45-30-32(24-26-39(45)49)41-20-11-12-29-50-41/h2-4,6,8-9,14-15,18,21-27,29-30,33,37-41,43,45-46H,5,7,10-13,16-17,19-20,28,31H2,1H3. The van der Waals surface area contributed by atoms with Crippen LogP contribution in [0, 0.1) is 35.0 Å². The zero-order valence-corrected chi connectivity index (χ0v) is 31.3. The van der Waals surface area contributed by atoms with E-state index in [1.165, 1.54) is 61.2 Å². The average molecular weight is 703 g/mol. The molecule has 0 saturated carbocycles. The van der Waals surface area contributed by atoms with E-state index in [9.17, 15) is 0 Å². The summed E-state index contributed by atoms with van der Waals surface area (Å²) in [7, 11) is 0. The summed E-state index contributed by atoms with van der Waals surface area (Å²) in [5.74, 6) is 2.97. The van der Waals surface area contributed by atoms with Crippen LogP contribution in [0.1, 0.15) is 93.6 Å². The summed E-state index contributed by atoms with van der Waals surface area (Å²) >= 11 is 0. The van der Waals surface area contributed by atoms with Gasteiger partial charge in [0.25, 0.3) is 0 Å². The van der Waals surface area contributed by atoms with Gasteiger partial charge in [0.1, 0.15) is 6.10 Å². The third-order valence-corrected chi connectivity index (χ3v) is 15.3. The minimum Gasteiger partial charge on any atom is -0.494 e. The molecule has 2 saturated heterocycles. The average Bonchev–Trinajstić information content (AvgIpc) is 3.57. The molecule has 1 aromatic heterocycles. The van der Waals surface area contributed by atoms with E-state index in [0.29, 0.717) is 23.7 Å². The number of ether oxygens (including phenoxy) is 2. The van der Waals surface area contributed by atoms with Crippen molar-refractivity contribution in [1.82, 2.24) is 4.57 Å². The lowest BCUT2D eigenvalue weighted by atomic mass is 9.44. The topological polar surface area (TPSA) is 35.8 Å². The molecule has 0 N–H and O–H groups in total. The van der Waals surface area contributed by atoms with Crippen molar-refractivity contribution >= 4 is 12.3 Å². The van der Waals surface area contributed by atoms with Crippen LogP contribution in [0.5, 0.6) is 0 Å². The molecule has 9 aliphatic rings. The number of aromatic nitrogens is 1. The number of allylic oxidation sites excluding steroid dienone is 6. The second kappa shape index (κ2) is 12.6. The molecule has 272 valence electrons. The lowest BCUT2D eigenvalue weighted by molar-refractivity contribution is -0.213. The molecule has 11 rings (SSSR count). The molecule has 3 aliphatic heterocycles. The molecule has 6 aliphatic carbocycles. The molecule has 1 aromatic carbocycles. The van der Waals surface area contributed by atoms with E-state index in [1.54, 1.807) is 16.8 Å². The predicted molar refractivity (Wildman–Crippen MR) is 214 cm³/mol. The Bertz CT molecular complexity index is 2030. The van der Waals surface area contributed by atoms with E-state index >= 15 is 0 Å². The van der Waals surface area contributed by atoms with E-state index in [2.05, 4.69) is 121 Å². The van der Waals surface area contributed by atoms with Gasteiger partial charge in [0, 0.05) is 51.6 Å². The molecule has 4 heteroatoms. The van der Waals surface area contributed by atoms with Gasteiger partial charge in [-0.25, -0.2) is 0 Å². The van der Waals surface area contributed by atoms with Crippen molar-refractivity contribution in [3.8, 4) is 5.69 Å². The van der Waals surface area contributed by atoms with Crippen molar-refractivity contribution in [3.05, 3.63) is 131 Å². The number of fused-ring (bicyclic) bond motifs is 11. The predicted octanol–water partition coefficient (Wildman–Crippen LogP) is 10.5. The molecule has 0 amide bonds. The number of hydrogen-bond acceptors (Lipinski definition) is 3. The van der Waals surface area contributed by atoms with E-state index < -0.39 is 0 Å². The molecule has 11 unspecified atom stereocenters. The zero-order valence-electron chi connectivity index (χ0n) is 31.3. The van der Waals surface area contributed by atoms with Gasteiger partial charge in [-0.1, -0.05) is 79.8 Å². The van der Waals surface area contributed by atoms with Crippen molar-refractivity contribution in [2.75, 3.05) is 0 Å². The van der Waals surface area contributed by atoms with Crippen LogP contribution < -0.4 is 0 Å². The fourth-order valence-electron chi connectivity index (χ4n) is 13.1. The highest BCUT2D eigenvalue weighted by Crippen LogP contribution is 2.67. The highest BCUT2D eigenvalue weighted by molar-refractivity contribution is 5.64. The van der Waals surface area contributed by atoms with Gasteiger partial charge >= 0.3 is 0 Å². The summed E-state index contributed by atoms with van der Waals surface area (Å²) in [4.78, 5) is 4.96. The SMILES string of the molecule is CC1(C2C=CC3C(C2)OC2=CCCCC2C32C3C=CC=CC3OC3C=C(C4CCCC=N4)C=CC32)CCCc2c3c(n(-c4ccccc4)c21)C=CCC3. The Kier molecular flexibility index (Phi) is 7.72. The maximum Gasteiger partial charge on any atom is 0.106 e. The molecule has 2 aromatic rings. The minimum atomic E-state index is -0.0212. The Hall–Kier alpha value is -3.89. The van der Waals surface area contributed by atoms with Gasteiger partial charge in [-0.15, -0.1) is 0 Å². The Labute approximate surface area is 315 Å². The minimum absolute atomic E-state index is 0.0154. The second-order valence-electron chi connectivity index (χ2n) is 17.8. The van der Waals surface area contributed by atoms with Gasteiger partial charge in [-0.05, 0) is 136 Å². The van der Waals surface area contributed by atoms with Crippen molar-refractivity contribution in [1.29, 1.82) is 0 Å². The number of hydrogen-bond donors (Lipinski definition) is 0. The fourth-order valence-corrected chi connectivity index (χ4v) is 13.1. The molecule has 4 nitrogen and oxygen atoms in total. The van der Waals surface area contributed by atoms with E-state index in [0.717, 1.165) is 38.5 Å². The monoisotopic (exact) mass is 702 g/mol. The Balaban J connectivity index is 1.04. The Morgan fingerprint density at radius 3 is 2.60 bits per heavy atom. The normalized spacial score (nSPS) is 40.2. The van der Waals surface area contributed by atoms with Gasteiger partial charge in [0.15, 0.2) is 0 Å². The highest BCUT2D eigenvalue weighted by Gasteiger charge is 2.66. The summed E-state index contributed by atoms with van der Waals surface area (Å²) in [5, 5.41) is 0. The number of aliphatic imine (C=N–C) groups is 1. The molecule has 0 bridgehead atoms. The largest absolute Gasteiger partial charge is 0.494 e. The van der Waals surface area contributed by atoms with E-state index in [-0.39, 0.29) is 41.1 Å². The van der Waals surface area contributed by atoms with Crippen LogP contribution >= 0.6 is 0 Å². The Morgan fingerprint density at radius 1 is 0.811 bits per heavy atom. The summed E-state index contributed by atoms with van der Waals surface area (Å²) in [6.07, 6.45) is 46.1. The van der Waals surface area contributed by atoms with Gasteiger partial charge in [0.2, 0.25) is 0 Å². The molecule has 4 heterocycles. The Morgan fingerprint density at radius 2 is 1.70 bits per heavy atom. The number of benzene rings is 1. The van der Waals surface area contributed by atoms with Gasteiger partial charge in [-0.3, -0.25) is 4.99 Å². The first kappa shape index (κ1) is 32.5.